The predicted molar refractivity (Wildman–Crippen MR) is 75.8 cm³/mol. The maximum atomic E-state index is 11.9. The first-order valence-corrected chi connectivity index (χ1v) is 6.21. The molecule has 0 aliphatic heterocycles. The zero-order chi connectivity index (χ0) is 13.1. The maximum absolute atomic E-state index is 11.9. The van der Waals surface area contributed by atoms with Crippen LogP contribution in [0.4, 0.5) is 11.4 Å². The number of nitrogens with one attached hydrogen (secondary N) is 1. The summed E-state index contributed by atoms with van der Waals surface area (Å²) in [5.74, 6) is -0.323. The number of pyridine rings is 1. The molecule has 0 saturated heterocycles. The van der Waals surface area contributed by atoms with Crippen molar-refractivity contribution in [3.63, 3.8) is 0 Å². The lowest BCUT2D eigenvalue weighted by Crippen LogP contribution is -2.14. The molecule has 2 rings (SSSR count). The van der Waals surface area contributed by atoms with Gasteiger partial charge in [0.1, 0.15) is 5.69 Å². The van der Waals surface area contributed by atoms with Crippen molar-refractivity contribution in [2.75, 3.05) is 11.1 Å². The third-order valence-corrected chi connectivity index (χ3v) is 2.93. The molecule has 4 nitrogen and oxygen atoms in total. The first kappa shape index (κ1) is 12.9. The van der Waals surface area contributed by atoms with E-state index in [1.54, 1.807) is 36.5 Å². The lowest BCUT2D eigenvalue weighted by Gasteiger charge is -2.07. The molecule has 3 N–H and O–H groups in total. The summed E-state index contributed by atoms with van der Waals surface area (Å²) >= 11 is 9.03. The minimum absolute atomic E-state index is 0.313. The van der Waals surface area contributed by atoms with E-state index in [0.29, 0.717) is 22.1 Å². The van der Waals surface area contributed by atoms with Crippen LogP contribution in [0.3, 0.4) is 0 Å². The van der Waals surface area contributed by atoms with Crippen LogP contribution in [0.2, 0.25) is 5.02 Å². The second kappa shape index (κ2) is 5.37. The van der Waals surface area contributed by atoms with Crippen LogP contribution in [0, 0.1) is 0 Å². The van der Waals surface area contributed by atoms with Crippen molar-refractivity contribution in [3.05, 3.63) is 51.7 Å². The van der Waals surface area contributed by atoms with Gasteiger partial charge >= 0.3 is 0 Å². The van der Waals surface area contributed by atoms with E-state index < -0.39 is 0 Å². The van der Waals surface area contributed by atoms with Crippen LogP contribution in [-0.2, 0) is 0 Å². The largest absolute Gasteiger partial charge is 0.397 e. The zero-order valence-corrected chi connectivity index (χ0v) is 11.5. The highest BCUT2D eigenvalue weighted by Crippen LogP contribution is 2.23. The van der Waals surface area contributed by atoms with Crippen molar-refractivity contribution in [2.45, 2.75) is 0 Å². The lowest BCUT2D eigenvalue weighted by molar-refractivity contribution is 0.102. The molecule has 1 aromatic carbocycles. The SMILES string of the molecule is Nc1cc(Cl)ccc1NC(=O)c1ccc(Br)cn1. The standard InChI is InChI=1S/C12H9BrClN3O/c13-7-1-3-11(16-6-7)12(18)17-10-4-2-8(14)5-9(10)15/h1-6H,15H2,(H,17,18). The number of hydrogen-bond donors (Lipinski definition) is 2. The number of carbonyl (C=O) groups excluding carboxylic acids is 1. The molecule has 0 aliphatic carbocycles. The number of halogens is 2. The van der Waals surface area contributed by atoms with Gasteiger partial charge in [-0.2, -0.15) is 0 Å². The molecule has 0 bridgehead atoms. The van der Waals surface area contributed by atoms with Gasteiger partial charge in [-0.3, -0.25) is 4.79 Å². The van der Waals surface area contributed by atoms with Gasteiger partial charge in [0.2, 0.25) is 0 Å². The van der Waals surface area contributed by atoms with Crippen molar-refractivity contribution in [3.8, 4) is 0 Å². The molecule has 18 heavy (non-hydrogen) atoms. The van der Waals surface area contributed by atoms with E-state index in [2.05, 4.69) is 26.2 Å². The van der Waals surface area contributed by atoms with Gasteiger partial charge in [0, 0.05) is 15.7 Å². The Bertz CT molecular complexity index is 586. The van der Waals surface area contributed by atoms with Crippen molar-refractivity contribution in [2.24, 2.45) is 0 Å². The van der Waals surface area contributed by atoms with Crippen LogP contribution >= 0.6 is 27.5 Å². The molecule has 0 atom stereocenters. The molecule has 0 fully saturated rings. The number of amides is 1. The van der Waals surface area contributed by atoms with E-state index in [-0.39, 0.29) is 5.91 Å². The van der Waals surface area contributed by atoms with E-state index in [1.807, 2.05) is 0 Å². The van der Waals surface area contributed by atoms with Crippen molar-refractivity contribution in [1.29, 1.82) is 0 Å². The number of benzene rings is 1. The van der Waals surface area contributed by atoms with Crippen molar-refractivity contribution < 1.29 is 4.79 Å². The zero-order valence-electron chi connectivity index (χ0n) is 9.15. The predicted octanol–water partition coefficient (Wildman–Crippen LogP) is 3.33. The van der Waals surface area contributed by atoms with Crippen LogP contribution in [-0.4, -0.2) is 10.9 Å². The highest BCUT2D eigenvalue weighted by molar-refractivity contribution is 9.10. The number of anilines is 2. The second-order valence-electron chi connectivity index (χ2n) is 3.55. The van der Waals surface area contributed by atoms with Gasteiger partial charge in [-0.05, 0) is 46.3 Å². The Morgan fingerprint density at radius 1 is 1.33 bits per heavy atom. The molecular weight excluding hydrogens is 318 g/mol. The van der Waals surface area contributed by atoms with Crippen LogP contribution in [0.15, 0.2) is 41.0 Å². The fourth-order valence-electron chi connectivity index (χ4n) is 1.34. The Balaban J connectivity index is 2.18. The highest BCUT2D eigenvalue weighted by Gasteiger charge is 2.09. The number of nitrogen functional groups attached to an aromatic ring is 1. The lowest BCUT2D eigenvalue weighted by atomic mass is 10.2. The number of carbonyl (C=O) groups is 1. The minimum Gasteiger partial charge on any atom is -0.397 e. The topological polar surface area (TPSA) is 68.0 Å². The summed E-state index contributed by atoms with van der Waals surface area (Å²) < 4.78 is 0.810. The number of aromatic nitrogens is 1. The molecule has 92 valence electrons. The van der Waals surface area contributed by atoms with Crippen LogP contribution in [0.25, 0.3) is 0 Å². The normalized spacial score (nSPS) is 10.1. The molecule has 2 aromatic rings. The molecule has 0 radical (unpaired) electrons. The smallest absolute Gasteiger partial charge is 0.274 e. The van der Waals surface area contributed by atoms with Gasteiger partial charge in [-0.25, -0.2) is 4.98 Å². The van der Waals surface area contributed by atoms with Crippen LogP contribution < -0.4 is 11.1 Å². The van der Waals surface area contributed by atoms with E-state index in [1.165, 1.54) is 0 Å². The summed E-state index contributed by atoms with van der Waals surface area (Å²) in [4.78, 5) is 15.9. The summed E-state index contributed by atoms with van der Waals surface area (Å²) in [6.07, 6.45) is 1.56. The Labute approximate surface area is 117 Å². The molecule has 6 heteroatoms. The maximum Gasteiger partial charge on any atom is 0.274 e. The molecule has 1 amide bonds. The van der Waals surface area contributed by atoms with E-state index in [0.717, 1.165) is 4.47 Å². The Hall–Kier alpha value is -1.59. The molecular formula is C12H9BrClN3O. The van der Waals surface area contributed by atoms with Gasteiger partial charge in [-0.1, -0.05) is 11.6 Å². The van der Waals surface area contributed by atoms with E-state index in [4.69, 9.17) is 17.3 Å². The molecule has 0 saturated carbocycles. The summed E-state index contributed by atoms with van der Waals surface area (Å²) in [7, 11) is 0. The number of nitrogens with zero attached hydrogens (tertiary/aromatic N) is 1. The van der Waals surface area contributed by atoms with E-state index >= 15 is 0 Å². The number of hydrogen-bond acceptors (Lipinski definition) is 3. The molecule has 0 aliphatic rings. The fraction of sp³-hybridized carbons (Fsp3) is 0. The van der Waals surface area contributed by atoms with E-state index in [9.17, 15) is 4.79 Å². The molecule has 0 unspecified atom stereocenters. The van der Waals surface area contributed by atoms with Gasteiger partial charge in [-0.15, -0.1) is 0 Å². The minimum atomic E-state index is -0.323. The third kappa shape index (κ3) is 3.00. The van der Waals surface area contributed by atoms with Crippen molar-refractivity contribution in [1.82, 2.24) is 4.98 Å². The number of nitrogens with two attached hydrogens (primary N) is 1. The summed E-state index contributed by atoms with van der Waals surface area (Å²) in [5, 5.41) is 3.19. The monoisotopic (exact) mass is 325 g/mol. The average Bonchev–Trinajstić information content (AvgIpc) is 2.33. The quantitative estimate of drug-likeness (QED) is 0.832. The Morgan fingerprint density at radius 3 is 2.72 bits per heavy atom. The molecule has 1 heterocycles. The van der Waals surface area contributed by atoms with Crippen molar-refractivity contribution >= 4 is 44.8 Å². The first-order chi connectivity index (χ1) is 8.56. The molecule has 0 spiro atoms. The number of rotatable bonds is 2. The van der Waals surface area contributed by atoms with Crippen LogP contribution in [0.5, 0.6) is 0 Å². The Morgan fingerprint density at radius 2 is 2.11 bits per heavy atom. The third-order valence-electron chi connectivity index (χ3n) is 2.22. The van der Waals surface area contributed by atoms with Gasteiger partial charge in [0.15, 0.2) is 0 Å². The summed E-state index contributed by atoms with van der Waals surface area (Å²) in [6, 6.07) is 8.24. The van der Waals surface area contributed by atoms with Gasteiger partial charge in [0.05, 0.1) is 11.4 Å². The first-order valence-electron chi connectivity index (χ1n) is 5.04. The summed E-state index contributed by atoms with van der Waals surface area (Å²) in [6.45, 7) is 0. The Kier molecular flexibility index (Phi) is 3.84. The van der Waals surface area contributed by atoms with Crippen LogP contribution in [0.1, 0.15) is 10.5 Å². The molecule has 1 aromatic heterocycles. The highest BCUT2D eigenvalue weighted by atomic mass is 79.9. The summed E-state index contributed by atoms with van der Waals surface area (Å²) in [5.41, 5.74) is 6.98. The van der Waals surface area contributed by atoms with Gasteiger partial charge < -0.3 is 11.1 Å². The van der Waals surface area contributed by atoms with Gasteiger partial charge in [0.25, 0.3) is 5.91 Å². The average molecular weight is 327 g/mol. The fourth-order valence-corrected chi connectivity index (χ4v) is 1.76. The second-order valence-corrected chi connectivity index (χ2v) is 4.90.